The Balaban J connectivity index is 1.61. The van der Waals surface area contributed by atoms with Gasteiger partial charge in [-0.1, -0.05) is 41.3 Å². The second kappa shape index (κ2) is 10.8. The number of halogens is 2. The van der Waals surface area contributed by atoms with Gasteiger partial charge in [-0.2, -0.15) is 0 Å². The Hall–Kier alpha value is -1.24. The number of benzene rings is 1. The van der Waals surface area contributed by atoms with Crippen LogP contribution in [0.25, 0.3) is 0 Å². The first-order valence-electron chi connectivity index (χ1n) is 10.2. The van der Waals surface area contributed by atoms with Crippen LogP contribution in [0.1, 0.15) is 32.1 Å². The van der Waals surface area contributed by atoms with Gasteiger partial charge in [0.2, 0.25) is 15.9 Å². The van der Waals surface area contributed by atoms with Gasteiger partial charge in [0.1, 0.15) is 29.2 Å². The number of hydrogen-bond acceptors (Lipinski definition) is 7. The molecule has 1 aromatic rings. The van der Waals surface area contributed by atoms with Crippen LogP contribution in [-0.4, -0.2) is 66.8 Å². The smallest absolute Gasteiger partial charge is 0.244 e. The molecule has 3 rings (SSSR count). The predicted octanol–water partition coefficient (Wildman–Crippen LogP) is 1.09. The van der Waals surface area contributed by atoms with Gasteiger partial charge in [-0.3, -0.25) is 4.79 Å². The summed E-state index contributed by atoms with van der Waals surface area (Å²) >= 11 is 11.8. The zero-order chi connectivity index (χ0) is 23.5. The molecule has 0 spiro atoms. The van der Waals surface area contributed by atoms with Crippen LogP contribution >= 0.6 is 23.2 Å². The van der Waals surface area contributed by atoms with Gasteiger partial charge >= 0.3 is 0 Å². The van der Waals surface area contributed by atoms with Crippen molar-refractivity contribution in [2.75, 3.05) is 6.54 Å². The van der Waals surface area contributed by atoms with E-state index >= 15 is 0 Å². The number of hydrogen-bond donors (Lipinski definition) is 5. The van der Waals surface area contributed by atoms with Crippen LogP contribution in [0.15, 0.2) is 34.7 Å². The van der Waals surface area contributed by atoms with E-state index in [-0.39, 0.29) is 14.9 Å². The Morgan fingerprint density at radius 3 is 2.50 bits per heavy atom. The van der Waals surface area contributed by atoms with E-state index in [0.29, 0.717) is 0 Å². The van der Waals surface area contributed by atoms with Crippen molar-refractivity contribution in [1.82, 2.24) is 10.0 Å². The zero-order valence-corrected chi connectivity index (χ0v) is 19.4. The fourth-order valence-corrected chi connectivity index (χ4v) is 5.58. The van der Waals surface area contributed by atoms with E-state index in [9.17, 15) is 28.5 Å². The monoisotopic (exact) mass is 508 g/mol. The molecule has 1 aliphatic heterocycles. The van der Waals surface area contributed by atoms with E-state index in [1.807, 2.05) is 0 Å². The summed E-state index contributed by atoms with van der Waals surface area (Å²) < 4.78 is 32.6. The van der Waals surface area contributed by atoms with Crippen molar-refractivity contribution in [2.24, 2.45) is 0 Å². The predicted molar refractivity (Wildman–Crippen MR) is 118 cm³/mol. The number of nitrogens with one attached hydrogen (secondary N) is 2. The van der Waals surface area contributed by atoms with Gasteiger partial charge in [0.05, 0.1) is 10.0 Å². The maximum absolute atomic E-state index is 12.5. The number of sulfonamides is 1. The quantitative estimate of drug-likeness (QED) is 0.361. The largest absolute Gasteiger partial charge is 0.388 e. The number of rotatable bonds is 6. The molecule has 0 aromatic heterocycles. The van der Waals surface area contributed by atoms with Crippen molar-refractivity contribution in [3.05, 3.63) is 39.9 Å². The minimum Gasteiger partial charge on any atom is -0.388 e. The first-order valence-corrected chi connectivity index (χ1v) is 12.5. The minimum absolute atomic E-state index is 0.0520. The van der Waals surface area contributed by atoms with Crippen LogP contribution in [0.4, 0.5) is 0 Å². The Kier molecular flexibility index (Phi) is 8.56. The van der Waals surface area contributed by atoms with Crippen molar-refractivity contribution in [1.29, 1.82) is 0 Å². The number of carbonyl (C=O) groups is 1. The van der Waals surface area contributed by atoms with E-state index in [1.165, 1.54) is 24.3 Å². The molecule has 2 aliphatic rings. The summed E-state index contributed by atoms with van der Waals surface area (Å²) in [5, 5.41) is 33.4. The molecule has 5 atom stereocenters. The fraction of sp³-hybridized carbons (Fsp3) is 0.550. The van der Waals surface area contributed by atoms with Gasteiger partial charge in [-0.15, -0.1) is 0 Å². The van der Waals surface area contributed by atoms with E-state index in [2.05, 4.69) is 10.0 Å². The number of allylic oxidation sites excluding steroid dienone is 1. The molecular weight excluding hydrogens is 483 g/mol. The summed E-state index contributed by atoms with van der Waals surface area (Å²) in [5.74, 6) is -0.504. The summed E-state index contributed by atoms with van der Waals surface area (Å²) in [6, 6.07) is 2.82. The Labute approximate surface area is 196 Å². The highest BCUT2D eigenvalue weighted by Crippen LogP contribution is 2.29. The van der Waals surface area contributed by atoms with Crippen molar-refractivity contribution in [2.45, 2.75) is 67.6 Å². The molecule has 2 fully saturated rings. The van der Waals surface area contributed by atoms with Crippen molar-refractivity contribution >= 4 is 39.1 Å². The number of amides is 1. The van der Waals surface area contributed by atoms with Crippen molar-refractivity contribution in [3.63, 3.8) is 0 Å². The Morgan fingerprint density at radius 2 is 1.81 bits per heavy atom. The first kappa shape index (κ1) is 25.4. The van der Waals surface area contributed by atoms with Gasteiger partial charge < -0.3 is 25.4 Å². The van der Waals surface area contributed by atoms with Crippen LogP contribution in [0.3, 0.4) is 0 Å². The molecule has 5 N–H and O–H groups in total. The fourth-order valence-electron chi connectivity index (χ4n) is 3.77. The zero-order valence-electron chi connectivity index (χ0n) is 17.1. The lowest BCUT2D eigenvalue weighted by molar-refractivity contribution is -0.244. The van der Waals surface area contributed by atoms with Gasteiger partial charge in [0.25, 0.3) is 0 Å². The molecule has 1 saturated carbocycles. The molecule has 1 aliphatic carbocycles. The van der Waals surface area contributed by atoms with E-state index in [4.69, 9.17) is 27.9 Å². The highest BCUT2D eigenvalue weighted by molar-refractivity contribution is 7.89. The summed E-state index contributed by atoms with van der Waals surface area (Å²) in [4.78, 5) is 12.0. The van der Waals surface area contributed by atoms with E-state index in [0.717, 1.165) is 37.7 Å². The highest BCUT2D eigenvalue weighted by atomic mass is 35.5. The molecule has 1 unspecified atom stereocenters. The third-order valence-corrected chi connectivity index (χ3v) is 7.94. The molecule has 1 amide bonds. The van der Waals surface area contributed by atoms with Crippen LogP contribution < -0.4 is 10.0 Å². The van der Waals surface area contributed by atoms with Crippen LogP contribution in [-0.2, 0) is 19.6 Å². The van der Waals surface area contributed by atoms with Crippen LogP contribution in [0.5, 0.6) is 0 Å². The average molecular weight is 509 g/mol. The molecule has 178 valence electrons. The summed E-state index contributed by atoms with van der Waals surface area (Å²) in [7, 11) is -4.12. The molecular formula is C20H26Cl2N2O7S. The van der Waals surface area contributed by atoms with E-state index in [1.54, 1.807) is 0 Å². The first-order chi connectivity index (χ1) is 15.1. The third-order valence-electron chi connectivity index (χ3n) is 5.54. The normalized spacial score (nSPS) is 28.9. The average Bonchev–Trinajstić information content (AvgIpc) is 2.75. The lowest BCUT2D eigenvalue weighted by Gasteiger charge is -2.40. The highest BCUT2D eigenvalue weighted by Gasteiger charge is 2.44. The number of aliphatic hydroxyl groups is 3. The standard InChI is InChI=1S/C20H26Cl2N2O7S/c21-12-7-4-8-14(16(12)22)32(29,30)23-10-13-18(26)19(27)17(20(28)31-13)24-15(25)9-11-5-2-1-3-6-11/h4,7-9,13,17-20,23,26-28H,1-3,5-6,10H2,(H,24,25)/t13-,17-,18-,19-,20?/m1/s1. The van der Waals surface area contributed by atoms with E-state index < -0.39 is 53.1 Å². The van der Waals surface area contributed by atoms with Crippen molar-refractivity contribution in [3.8, 4) is 0 Å². The SMILES string of the molecule is O=C(C=C1CCCCC1)N[C@H]1C(O)O[C@H](CNS(=O)(=O)c2cccc(Cl)c2Cl)[C@@H](O)[C@@H]1O. The summed E-state index contributed by atoms with van der Waals surface area (Å²) in [6.45, 7) is -0.467. The molecule has 0 radical (unpaired) electrons. The molecule has 9 nitrogen and oxygen atoms in total. The third kappa shape index (κ3) is 6.00. The second-order valence-electron chi connectivity index (χ2n) is 7.85. The molecule has 0 bridgehead atoms. The lowest BCUT2D eigenvalue weighted by Crippen LogP contribution is -2.64. The van der Waals surface area contributed by atoms with Gasteiger partial charge in [-0.25, -0.2) is 13.1 Å². The van der Waals surface area contributed by atoms with Crippen LogP contribution in [0, 0.1) is 0 Å². The number of carbonyl (C=O) groups excluding carboxylic acids is 1. The lowest BCUT2D eigenvalue weighted by atomic mass is 9.94. The maximum atomic E-state index is 12.5. The molecule has 12 heteroatoms. The Morgan fingerprint density at radius 1 is 1.12 bits per heavy atom. The topological polar surface area (TPSA) is 145 Å². The Bertz CT molecular complexity index is 965. The summed E-state index contributed by atoms with van der Waals surface area (Å²) in [6.07, 6.45) is 0.112. The van der Waals surface area contributed by atoms with Gasteiger partial charge in [0, 0.05) is 12.6 Å². The molecule has 1 aromatic carbocycles. The maximum Gasteiger partial charge on any atom is 0.244 e. The minimum atomic E-state index is -4.12. The van der Waals surface area contributed by atoms with Crippen LogP contribution in [0.2, 0.25) is 10.0 Å². The van der Waals surface area contributed by atoms with Crippen molar-refractivity contribution < 1.29 is 33.3 Å². The number of aliphatic hydroxyl groups excluding tert-OH is 3. The molecule has 1 saturated heterocycles. The number of ether oxygens (including phenoxy) is 1. The molecule has 32 heavy (non-hydrogen) atoms. The summed E-state index contributed by atoms with van der Waals surface area (Å²) in [5.41, 5.74) is 0.988. The van der Waals surface area contributed by atoms with Gasteiger partial charge in [0.15, 0.2) is 6.29 Å². The second-order valence-corrected chi connectivity index (χ2v) is 10.4. The molecule has 1 heterocycles. The van der Waals surface area contributed by atoms with Gasteiger partial charge in [-0.05, 0) is 37.8 Å².